The van der Waals surface area contributed by atoms with Crippen molar-refractivity contribution in [3.63, 3.8) is 0 Å². The number of aromatic nitrogens is 3. The van der Waals surface area contributed by atoms with Gasteiger partial charge < -0.3 is 10.5 Å². The molecule has 1 aliphatic carbocycles. The van der Waals surface area contributed by atoms with Gasteiger partial charge in [0.15, 0.2) is 5.69 Å². The molecular weight excluding hydrogens is 244 g/mol. The lowest BCUT2D eigenvalue weighted by Crippen LogP contribution is -2.19. The first-order chi connectivity index (χ1) is 9.26. The molecule has 1 fully saturated rings. The van der Waals surface area contributed by atoms with Gasteiger partial charge in [-0.15, -0.1) is 5.10 Å². The van der Waals surface area contributed by atoms with Crippen LogP contribution in [0.2, 0.25) is 0 Å². The number of nitrogens with two attached hydrogens (primary N) is 1. The molecule has 106 valence electrons. The van der Waals surface area contributed by atoms with E-state index in [0.29, 0.717) is 24.6 Å². The Morgan fingerprint density at radius 1 is 1.42 bits per heavy atom. The highest BCUT2D eigenvalue weighted by atomic mass is 16.5. The molecule has 1 aromatic heterocycles. The molecule has 1 aliphatic rings. The molecule has 2 N–H and O–H groups in total. The zero-order valence-electron chi connectivity index (χ0n) is 11.5. The van der Waals surface area contributed by atoms with E-state index in [1.54, 1.807) is 0 Å². The first-order valence-electron chi connectivity index (χ1n) is 6.97. The largest absolute Gasteiger partial charge is 0.464 e. The second-order valence-electron chi connectivity index (χ2n) is 5.10. The zero-order valence-corrected chi connectivity index (χ0v) is 11.5. The minimum atomic E-state index is -0.432. The van der Waals surface area contributed by atoms with Crippen molar-refractivity contribution < 1.29 is 9.53 Å². The van der Waals surface area contributed by atoms with Gasteiger partial charge in [0.25, 0.3) is 0 Å². The molecular formula is C13H22N4O2. The summed E-state index contributed by atoms with van der Waals surface area (Å²) in [5, 5.41) is 8.06. The lowest BCUT2D eigenvalue weighted by molar-refractivity contribution is 0.0592. The zero-order chi connectivity index (χ0) is 13.7. The van der Waals surface area contributed by atoms with E-state index in [2.05, 4.69) is 10.3 Å². The van der Waals surface area contributed by atoms with E-state index in [9.17, 15) is 4.79 Å². The Kier molecular flexibility index (Phi) is 4.90. The van der Waals surface area contributed by atoms with Crippen LogP contribution in [0.4, 0.5) is 0 Å². The Hall–Kier alpha value is -1.43. The molecule has 6 nitrogen and oxygen atoms in total. The van der Waals surface area contributed by atoms with Crippen molar-refractivity contribution in [2.45, 2.75) is 45.1 Å². The van der Waals surface area contributed by atoms with Crippen molar-refractivity contribution in [2.75, 3.05) is 13.7 Å². The van der Waals surface area contributed by atoms with Crippen LogP contribution in [0, 0.1) is 5.92 Å². The number of ether oxygens (including phenoxy) is 1. The summed E-state index contributed by atoms with van der Waals surface area (Å²) in [5.41, 5.74) is 6.73. The molecule has 0 aliphatic heterocycles. The number of nitrogens with zero attached hydrogens (tertiary/aromatic N) is 3. The maximum absolute atomic E-state index is 11.6. The number of esters is 1. The maximum Gasteiger partial charge on any atom is 0.360 e. The topological polar surface area (TPSA) is 83.0 Å². The number of rotatable bonds is 5. The highest BCUT2D eigenvalue weighted by molar-refractivity contribution is 5.88. The summed E-state index contributed by atoms with van der Waals surface area (Å²) in [6, 6.07) is 0. The summed E-state index contributed by atoms with van der Waals surface area (Å²) in [7, 11) is 1.36. The summed E-state index contributed by atoms with van der Waals surface area (Å²) < 4.78 is 6.57. The van der Waals surface area contributed by atoms with Gasteiger partial charge in [-0.2, -0.15) is 0 Å². The number of carbonyl (C=O) groups is 1. The maximum atomic E-state index is 11.6. The predicted molar refractivity (Wildman–Crippen MR) is 70.7 cm³/mol. The second-order valence-corrected chi connectivity index (χ2v) is 5.10. The molecule has 1 heterocycles. The summed E-state index contributed by atoms with van der Waals surface area (Å²) in [6.07, 6.45) is 6.97. The van der Waals surface area contributed by atoms with Crippen LogP contribution in [0.1, 0.15) is 48.3 Å². The Bertz CT molecular complexity index is 424. The van der Waals surface area contributed by atoms with Gasteiger partial charge in [0.1, 0.15) is 0 Å². The molecule has 6 heteroatoms. The Morgan fingerprint density at radius 2 is 2.16 bits per heavy atom. The highest BCUT2D eigenvalue weighted by Gasteiger charge is 2.22. The molecule has 0 aromatic carbocycles. The fourth-order valence-electron chi connectivity index (χ4n) is 2.73. The van der Waals surface area contributed by atoms with Crippen molar-refractivity contribution >= 4 is 5.97 Å². The first-order valence-corrected chi connectivity index (χ1v) is 6.97. The summed E-state index contributed by atoms with van der Waals surface area (Å²) in [4.78, 5) is 11.6. The Labute approximate surface area is 113 Å². The molecule has 2 rings (SSSR count). The van der Waals surface area contributed by atoms with Crippen LogP contribution in [0.25, 0.3) is 0 Å². The van der Waals surface area contributed by atoms with E-state index < -0.39 is 5.97 Å². The van der Waals surface area contributed by atoms with Crippen LogP contribution < -0.4 is 5.73 Å². The quantitative estimate of drug-likeness (QED) is 0.808. The molecule has 0 atom stereocenters. The second kappa shape index (κ2) is 6.65. The molecule has 0 radical (unpaired) electrons. The van der Waals surface area contributed by atoms with Crippen LogP contribution in [0.5, 0.6) is 0 Å². The van der Waals surface area contributed by atoms with E-state index in [4.69, 9.17) is 10.5 Å². The van der Waals surface area contributed by atoms with E-state index in [1.165, 1.54) is 39.2 Å². The third-order valence-electron chi connectivity index (χ3n) is 3.75. The van der Waals surface area contributed by atoms with E-state index >= 15 is 0 Å². The van der Waals surface area contributed by atoms with Gasteiger partial charge in [0, 0.05) is 13.0 Å². The Balaban J connectivity index is 2.14. The number of carbonyl (C=O) groups excluding carboxylic acids is 1. The number of hydrogen-bond donors (Lipinski definition) is 1. The average Bonchev–Trinajstić information content (AvgIpc) is 2.83. The first kappa shape index (κ1) is 14.0. The highest BCUT2D eigenvalue weighted by Crippen LogP contribution is 2.25. The van der Waals surface area contributed by atoms with Crippen molar-refractivity contribution in [3.05, 3.63) is 11.4 Å². The van der Waals surface area contributed by atoms with Gasteiger partial charge in [-0.25, -0.2) is 9.48 Å². The normalized spacial score (nSPS) is 16.5. The lowest BCUT2D eigenvalue weighted by Gasteiger charge is -2.21. The van der Waals surface area contributed by atoms with Gasteiger partial charge in [0.05, 0.1) is 12.8 Å². The van der Waals surface area contributed by atoms with Crippen molar-refractivity contribution in [2.24, 2.45) is 11.7 Å². The van der Waals surface area contributed by atoms with Gasteiger partial charge in [-0.3, -0.25) is 0 Å². The number of methoxy groups -OCH3 is 1. The summed E-state index contributed by atoms with van der Waals surface area (Å²) in [6.45, 7) is 1.31. The minimum absolute atomic E-state index is 0.309. The van der Waals surface area contributed by atoms with Crippen LogP contribution in [-0.2, 0) is 17.7 Å². The smallest absolute Gasteiger partial charge is 0.360 e. The van der Waals surface area contributed by atoms with Gasteiger partial charge in [0.2, 0.25) is 0 Å². The average molecular weight is 266 g/mol. The SMILES string of the molecule is COC(=O)c1nnn(CC2CCCCC2)c1CCN. The van der Waals surface area contributed by atoms with Crippen LogP contribution >= 0.6 is 0 Å². The fourth-order valence-corrected chi connectivity index (χ4v) is 2.73. The van der Waals surface area contributed by atoms with Crippen molar-refractivity contribution in [1.82, 2.24) is 15.0 Å². The van der Waals surface area contributed by atoms with Crippen LogP contribution in [-0.4, -0.2) is 34.6 Å². The molecule has 0 spiro atoms. The monoisotopic (exact) mass is 266 g/mol. The third kappa shape index (κ3) is 3.32. The van der Waals surface area contributed by atoms with Crippen molar-refractivity contribution in [3.8, 4) is 0 Å². The molecule has 0 amide bonds. The molecule has 1 saturated carbocycles. The molecule has 19 heavy (non-hydrogen) atoms. The van der Waals surface area contributed by atoms with Gasteiger partial charge in [-0.05, 0) is 25.3 Å². The molecule has 0 bridgehead atoms. The standard InChI is InChI=1S/C13H22N4O2/c1-19-13(18)12-11(7-8-14)17(16-15-12)9-10-5-3-2-4-6-10/h10H,2-9,14H2,1H3. The summed E-state index contributed by atoms with van der Waals surface area (Å²) in [5.74, 6) is 0.204. The van der Waals surface area contributed by atoms with Crippen molar-refractivity contribution in [1.29, 1.82) is 0 Å². The predicted octanol–water partition coefficient (Wildman–Crippen LogP) is 1.15. The number of hydrogen-bond acceptors (Lipinski definition) is 5. The Morgan fingerprint density at radius 3 is 2.79 bits per heavy atom. The van der Waals surface area contributed by atoms with E-state index in [-0.39, 0.29) is 0 Å². The van der Waals surface area contributed by atoms with Gasteiger partial charge in [-0.1, -0.05) is 24.5 Å². The fraction of sp³-hybridized carbons (Fsp3) is 0.769. The van der Waals surface area contributed by atoms with Crippen LogP contribution in [0.15, 0.2) is 0 Å². The van der Waals surface area contributed by atoms with E-state index in [1.807, 2.05) is 4.68 Å². The van der Waals surface area contributed by atoms with Crippen LogP contribution in [0.3, 0.4) is 0 Å². The molecule has 0 saturated heterocycles. The lowest BCUT2D eigenvalue weighted by atomic mass is 9.89. The minimum Gasteiger partial charge on any atom is -0.464 e. The molecule has 1 aromatic rings. The van der Waals surface area contributed by atoms with E-state index in [0.717, 1.165) is 12.2 Å². The molecule has 0 unspecified atom stereocenters. The van der Waals surface area contributed by atoms with Gasteiger partial charge >= 0.3 is 5.97 Å². The summed E-state index contributed by atoms with van der Waals surface area (Å²) >= 11 is 0. The third-order valence-corrected chi connectivity index (χ3v) is 3.75.